The normalized spacial score (nSPS) is 20.0. The van der Waals surface area contributed by atoms with E-state index in [-0.39, 0.29) is 38.3 Å². The maximum Gasteiger partial charge on any atom is 0.416 e. The van der Waals surface area contributed by atoms with Crippen LogP contribution in [0.2, 0.25) is 0 Å². The van der Waals surface area contributed by atoms with Gasteiger partial charge in [0.15, 0.2) is 0 Å². The molecule has 7 nitrogen and oxygen atoms in total. The summed E-state index contributed by atoms with van der Waals surface area (Å²) in [6.45, 7) is 0.244. The molecular weight excluding hydrogens is 530 g/mol. The number of alkyl halides is 3. The van der Waals surface area contributed by atoms with Crippen LogP contribution in [0.1, 0.15) is 48.8 Å². The predicted octanol–water partition coefficient (Wildman–Crippen LogP) is 3.48. The summed E-state index contributed by atoms with van der Waals surface area (Å²) in [6, 6.07) is 6.92. The Bertz CT molecular complexity index is 1200. The second kappa shape index (κ2) is 14.7. The van der Waals surface area contributed by atoms with Crippen molar-refractivity contribution in [3.63, 3.8) is 0 Å². The van der Waals surface area contributed by atoms with Gasteiger partial charge in [0.05, 0.1) is 24.3 Å². The highest BCUT2D eigenvalue weighted by Gasteiger charge is 2.30. The van der Waals surface area contributed by atoms with Crippen LogP contribution >= 0.6 is 0 Å². The van der Waals surface area contributed by atoms with Crippen LogP contribution in [0.15, 0.2) is 42.5 Å². The monoisotopic (exact) mass is 563 g/mol. The van der Waals surface area contributed by atoms with E-state index in [9.17, 15) is 32.3 Å². The second-order valence-electron chi connectivity index (χ2n) is 9.70. The van der Waals surface area contributed by atoms with Crippen LogP contribution in [0.5, 0.6) is 5.75 Å². The molecule has 4 N–H and O–H groups in total. The van der Waals surface area contributed by atoms with Crippen LogP contribution in [-0.2, 0) is 28.7 Å². The molecule has 2 amide bonds. The number of aliphatic hydroxyl groups is 1. The number of amides is 2. The summed E-state index contributed by atoms with van der Waals surface area (Å²) in [4.78, 5) is 25.5. The molecule has 1 aliphatic rings. The number of benzene rings is 2. The van der Waals surface area contributed by atoms with Crippen molar-refractivity contribution in [1.82, 2.24) is 16.0 Å². The minimum absolute atomic E-state index is 0.00296. The Morgan fingerprint density at radius 1 is 1.12 bits per heavy atom. The molecule has 2 aromatic rings. The zero-order chi connectivity index (χ0) is 29.1. The van der Waals surface area contributed by atoms with E-state index in [0.717, 1.165) is 12.1 Å². The molecule has 0 saturated heterocycles. The van der Waals surface area contributed by atoms with Gasteiger partial charge in [0.1, 0.15) is 17.6 Å². The van der Waals surface area contributed by atoms with Crippen molar-refractivity contribution >= 4 is 11.8 Å². The lowest BCUT2D eigenvalue weighted by atomic mass is 9.99. The number of rotatable bonds is 6. The van der Waals surface area contributed by atoms with E-state index in [2.05, 4.69) is 21.9 Å². The Kier molecular flexibility index (Phi) is 11.3. The Hall–Kier alpha value is -3.62. The largest absolute Gasteiger partial charge is 0.493 e. The summed E-state index contributed by atoms with van der Waals surface area (Å²) in [7, 11) is 0. The van der Waals surface area contributed by atoms with Crippen molar-refractivity contribution in [2.24, 2.45) is 0 Å². The third kappa shape index (κ3) is 9.84. The lowest BCUT2D eigenvalue weighted by molar-refractivity contribution is -0.137. The van der Waals surface area contributed by atoms with Gasteiger partial charge in [-0.15, -0.1) is 12.3 Å². The highest BCUT2D eigenvalue weighted by atomic mass is 19.4. The third-order valence-electron chi connectivity index (χ3n) is 6.41. The van der Waals surface area contributed by atoms with Gasteiger partial charge in [0, 0.05) is 32.0 Å². The number of carbonyl (C=O) groups excluding carboxylic acids is 2. The first kappa shape index (κ1) is 30.9. The number of halogens is 4. The van der Waals surface area contributed by atoms with Gasteiger partial charge >= 0.3 is 6.18 Å². The summed E-state index contributed by atoms with van der Waals surface area (Å²) < 4.78 is 59.1. The van der Waals surface area contributed by atoms with Crippen molar-refractivity contribution in [3.05, 3.63) is 65.0 Å². The van der Waals surface area contributed by atoms with Gasteiger partial charge in [-0.3, -0.25) is 9.59 Å². The first-order chi connectivity index (χ1) is 19.0. The van der Waals surface area contributed by atoms with Gasteiger partial charge in [0.25, 0.3) is 0 Å². The van der Waals surface area contributed by atoms with Crippen LogP contribution in [-0.4, -0.2) is 48.3 Å². The molecule has 3 rings (SSSR count). The summed E-state index contributed by atoms with van der Waals surface area (Å²) in [5.41, 5.74) is 0.0116. The highest BCUT2D eigenvalue weighted by molar-refractivity contribution is 5.88. The number of nitrogens with one attached hydrogen (secondary N) is 3. The Balaban J connectivity index is 1.79. The van der Waals surface area contributed by atoms with E-state index in [1.54, 1.807) is 6.07 Å². The fourth-order valence-electron chi connectivity index (χ4n) is 4.35. The summed E-state index contributed by atoms with van der Waals surface area (Å²) in [5.74, 6) is 1.16. The number of ether oxygens (including phenoxy) is 1. The lowest BCUT2D eigenvalue weighted by Crippen LogP contribution is -2.54. The molecule has 11 heteroatoms. The zero-order valence-electron chi connectivity index (χ0n) is 21.9. The molecule has 2 bridgehead atoms. The number of fused-ring (bicyclic) bond motifs is 2. The van der Waals surface area contributed by atoms with Gasteiger partial charge in [-0.05, 0) is 55.0 Å². The van der Waals surface area contributed by atoms with Crippen molar-refractivity contribution < 1.29 is 37.0 Å². The van der Waals surface area contributed by atoms with Gasteiger partial charge in [-0.1, -0.05) is 18.2 Å². The minimum Gasteiger partial charge on any atom is -0.493 e. The van der Waals surface area contributed by atoms with Gasteiger partial charge in [-0.25, -0.2) is 4.39 Å². The lowest BCUT2D eigenvalue weighted by Gasteiger charge is -2.27. The van der Waals surface area contributed by atoms with Crippen molar-refractivity contribution in [2.45, 2.75) is 69.4 Å². The molecule has 1 aliphatic heterocycles. The molecule has 0 spiro atoms. The molecular formula is C29H33F4N3O4. The topological polar surface area (TPSA) is 99.7 Å². The molecule has 3 atom stereocenters. The average Bonchev–Trinajstić information content (AvgIpc) is 2.89. The Morgan fingerprint density at radius 3 is 2.67 bits per heavy atom. The molecule has 0 radical (unpaired) electrons. The van der Waals surface area contributed by atoms with E-state index >= 15 is 0 Å². The van der Waals surface area contributed by atoms with E-state index < -0.39 is 41.7 Å². The fraction of sp³-hybridized carbons (Fsp3) is 0.448. The first-order valence-corrected chi connectivity index (χ1v) is 13.1. The molecule has 0 aromatic heterocycles. The van der Waals surface area contributed by atoms with Crippen molar-refractivity contribution in [3.8, 4) is 18.1 Å². The van der Waals surface area contributed by atoms with Crippen molar-refractivity contribution in [2.75, 3.05) is 13.2 Å². The van der Waals surface area contributed by atoms with Crippen LogP contribution in [0, 0.1) is 18.2 Å². The zero-order valence-corrected chi connectivity index (χ0v) is 21.9. The minimum atomic E-state index is -4.48. The standard InChI is InChI=1S/C29H33F4N3O4/c1-2-7-24-28(39)36-25(26(37)18-34-17-19-8-6-9-21(12-19)29(31,32)33)15-20-13-22(30)16-23(14-20)40-11-5-3-4-10-27(38)35-24/h1,6,8-9,12-14,16,24-26,34,37H,3-5,7,10-11,15,17-18H2,(H,35,38)(H,36,39)/t24-,25-,26+/m0/s1. The molecule has 2 aromatic carbocycles. The van der Waals surface area contributed by atoms with E-state index in [1.165, 1.54) is 24.3 Å². The van der Waals surface area contributed by atoms with Gasteiger partial charge in [-0.2, -0.15) is 13.2 Å². The van der Waals surface area contributed by atoms with Crippen molar-refractivity contribution in [1.29, 1.82) is 0 Å². The van der Waals surface area contributed by atoms with Crippen LogP contribution in [0.3, 0.4) is 0 Å². The Morgan fingerprint density at radius 2 is 1.93 bits per heavy atom. The molecule has 0 saturated carbocycles. The number of aliphatic hydroxyl groups excluding tert-OH is 1. The Labute approximate surface area is 230 Å². The maximum atomic E-state index is 14.4. The SMILES string of the molecule is C#CC[C@@H]1NC(=O)CCCCCOc2cc(F)cc(c2)C[C@@H]([C@H](O)CNCc2cccc(C(F)(F)F)c2)NC1=O. The van der Waals surface area contributed by atoms with Crippen LogP contribution in [0.25, 0.3) is 0 Å². The summed E-state index contributed by atoms with van der Waals surface area (Å²) >= 11 is 0. The highest BCUT2D eigenvalue weighted by Crippen LogP contribution is 2.29. The average molecular weight is 564 g/mol. The number of hydrogen-bond donors (Lipinski definition) is 4. The van der Waals surface area contributed by atoms with Crippen LogP contribution < -0.4 is 20.7 Å². The third-order valence-corrected chi connectivity index (χ3v) is 6.41. The molecule has 0 fully saturated rings. The molecule has 0 aliphatic carbocycles. The quantitative estimate of drug-likeness (QED) is 0.319. The maximum absolute atomic E-state index is 14.4. The molecule has 216 valence electrons. The van der Waals surface area contributed by atoms with E-state index in [4.69, 9.17) is 11.2 Å². The molecule has 1 heterocycles. The second-order valence-corrected chi connectivity index (χ2v) is 9.70. The summed E-state index contributed by atoms with van der Waals surface area (Å²) in [6.07, 6.45) is 1.71. The number of terminal acetylenes is 1. The summed E-state index contributed by atoms with van der Waals surface area (Å²) in [5, 5.41) is 19.2. The van der Waals surface area contributed by atoms with E-state index in [0.29, 0.717) is 42.7 Å². The number of hydrogen-bond acceptors (Lipinski definition) is 5. The fourth-order valence-corrected chi connectivity index (χ4v) is 4.35. The van der Waals surface area contributed by atoms with E-state index in [1.807, 2.05) is 0 Å². The molecule has 0 unspecified atom stereocenters. The number of carbonyl (C=O) groups is 2. The van der Waals surface area contributed by atoms with Crippen LogP contribution in [0.4, 0.5) is 17.6 Å². The predicted molar refractivity (Wildman–Crippen MR) is 141 cm³/mol. The smallest absolute Gasteiger partial charge is 0.416 e. The van der Waals surface area contributed by atoms with Gasteiger partial charge < -0.3 is 25.8 Å². The van der Waals surface area contributed by atoms with Gasteiger partial charge in [0.2, 0.25) is 11.8 Å². The first-order valence-electron chi connectivity index (χ1n) is 13.1. The molecule has 40 heavy (non-hydrogen) atoms.